The van der Waals surface area contributed by atoms with E-state index in [1.165, 1.54) is 0 Å². The molecule has 0 spiro atoms. The van der Waals surface area contributed by atoms with Crippen LogP contribution < -0.4 is 0 Å². The third-order valence-electron chi connectivity index (χ3n) is 13.7. The van der Waals surface area contributed by atoms with Crippen LogP contribution in [0.25, 0.3) is 0 Å². The summed E-state index contributed by atoms with van der Waals surface area (Å²) >= 11 is 0. The fourth-order valence-electron chi connectivity index (χ4n) is 11.6. The molecule has 0 aromatic rings. The number of rotatable bonds is 4. The maximum atomic E-state index is 12.8. The molecule has 5 fully saturated rings. The first-order valence-corrected chi connectivity index (χ1v) is 14.2. The molecule has 35 heavy (non-hydrogen) atoms. The Bertz CT molecular complexity index is 901. The summed E-state index contributed by atoms with van der Waals surface area (Å²) in [5.74, 6) is 0.639. The van der Waals surface area contributed by atoms with Gasteiger partial charge in [-0.2, -0.15) is 0 Å². The maximum Gasteiger partial charge on any atom is 0.309 e. The van der Waals surface area contributed by atoms with Gasteiger partial charge in [-0.05, 0) is 116 Å². The Balaban J connectivity index is 1.56. The van der Waals surface area contributed by atoms with Crippen LogP contribution in [-0.2, 0) is 4.79 Å². The highest BCUT2D eigenvalue weighted by molar-refractivity contribution is 5.76. The fourth-order valence-corrected chi connectivity index (χ4v) is 11.6. The zero-order valence-electron chi connectivity index (χ0n) is 22.4. The van der Waals surface area contributed by atoms with Crippen LogP contribution >= 0.6 is 0 Å². The molecule has 4 N–H and O–H groups in total. The Kier molecular flexibility index (Phi) is 5.91. The summed E-state index contributed by atoms with van der Waals surface area (Å²) in [6, 6.07) is 0. The minimum absolute atomic E-state index is 0.0336. The number of hydrogen-bond acceptors (Lipinski definition) is 4. The van der Waals surface area contributed by atoms with Crippen molar-refractivity contribution in [1.29, 1.82) is 0 Å². The number of aliphatic hydroxyl groups is 3. The molecule has 2 unspecified atom stereocenters. The number of aliphatic carboxylic acids is 1. The number of hydrogen-bond donors (Lipinski definition) is 4. The smallest absolute Gasteiger partial charge is 0.309 e. The van der Waals surface area contributed by atoms with Gasteiger partial charge in [0.25, 0.3) is 0 Å². The summed E-state index contributed by atoms with van der Waals surface area (Å²) in [6.07, 6.45) is 8.73. The largest absolute Gasteiger partial charge is 0.481 e. The molecule has 0 amide bonds. The summed E-state index contributed by atoms with van der Waals surface area (Å²) in [6.45, 7) is 13.7. The Labute approximate surface area is 211 Å². The molecule has 5 heteroatoms. The summed E-state index contributed by atoms with van der Waals surface area (Å²) in [7, 11) is 0. The van der Waals surface area contributed by atoms with Crippen LogP contribution in [0, 0.1) is 56.7 Å². The lowest BCUT2D eigenvalue weighted by atomic mass is 9.32. The molecule has 5 aliphatic carbocycles. The van der Waals surface area contributed by atoms with E-state index in [0.29, 0.717) is 24.2 Å². The zero-order chi connectivity index (χ0) is 25.6. The van der Waals surface area contributed by atoms with Crippen molar-refractivity contribution in [2.45, 2.75) is 98.0 Å². The quantitative estimate of drug-likeness (QED) is 0.416. The lowest BCUT2D eigenvalue weighted by Gasteiger charge is -2.72. The van der Waals surface area contributed by atoms with E-state index in [2.05, 4.69) is 34.3 Å². The van der Waals surface area contributed by atoms with Gasteiger partial charge in [-0.3, -0.25) is 4.79 Å². The molecule has 5 nitrogen and oxygen atoms in total. The van der Waals surface area contributed by atoms with Crippen molar-refractivity contribution in [3.63, 3.8) is 0 Å². The fraction of sp³-hybridized carbons (Fsp3) is 0.900. The van der Waals surface area contributed by atoms with Gasteiger partial charge in [-0.1, -0.05) is 34.3 Å². The molecule has 0 saturated heterocycles. The molecular formula is C30H48O5. The van der Waals surface area contributed by atoms with Crippen LogP contribution in [0.4, 0.5) is 0 Å². The standard InChI is InChI=1S/C30H48O5/c1-18(16-31)19-8-13-30(25(34)35)15-14-28(4)20(24(19)30)6-7-22-26(2)11-10-23(33)27(3,17-32)21(26)9-12-29(22,28)5/h19-24,31-33H,1,6-17H2,2-5H3,(H,34,35)/t19-,20?,21+,22+,23?,24+,26-,27-,28+,29+,30-/m0/s1. The third-order valence-corrected chi connectivity index (χ3v) is 13.7. The Morgan fingerprint density at radius 3 is 2.20 bits per heavy atom. The predicted octanol–water partition coefficient (Wildman–Crippen LogP) is 5.03. The van der Waals surface area contributed by atoms with Crippen molar-refractivity contribution in [3.05, 3.63) is 12.2 Å². The van der Waals surface area contributed by atoms with Gasteiger partial charge in [-0.25, -0.2) is 0 Å². The molecule has 0 aliphatic heterocycles. The molecule has 5 aliphatic rings. The van der Waals surface area contributed by atoms with Gasteiger partial charge in [0.15, 0.2) is 0 Å². The van der Waals surface area contributed by atoms with Crippen molar-refractivity contribution in [3.8, 4) is 0 Å². The van der Waals surface area contributed by atoms with Crippen molar-refractivity contribution >= 4 is 5.97 Å². The van der Waals surface area contributed by atoms with Gasteiger partial charge in [0, 0.05) is 5.41 Å². The molecule has 198 valence electrons. The van der Waals surface area contributed by atoms with Crippen LogP contribution in [0.3, 0.4) is 0 Å². The van der Waals surface area contributed by atoms with Gasteiger partial charge in [0.1, 0.15) is 0 Å². The lowest BCUT2D eigenvalue weighted by molar-refractivity contribution is -0.254. The monoisotopic (exact) mass is 488 g/mol. The number of aliphatic hydroxyl groups excluding tert-OH is 3. The molecule has 0 aromatic carbocycles. The van der Waals surface area contributed by atoms with Gasteiger partial charge >= 0.3 is 5.97 Å². The van der Waals surface area contributed by atoms with Gasteiger partial charge in [0.2, 0.25) is 0 Å². The number of carboxylic acids is 1. The first kappa shape index (κ1) is 25.7. The average Bonchev–Trinajstić information content (AvgIpc) is 3.23. The first-order chi connectivity index (χ1) is 16.4. The summed E-state index contributed by atoms with van der Waals surface area (Å²) in [5.41, 5.74) is -0.0996. The molecular weight excluding hydrogens is 440 g/mol. The summed E-state index contributed by atoms with van der Waals surface area (Å²) in [4.78, 5) is 12.8. The molecule has 11 atom stereocenters. The molecule has 0 bridgehead atoms. The molecule has 0 heterocycles. The van der Waals surface area contributed by atoms with E-state index in [-0.39, 0.29) is 41.3 Å². The van der Waals surface area contributed by atoms with Gasteiger partial charge in [0.05, 0.1) is 24.7 Å². The summed E-state index contributed by atoms with van der Waals surface area (Å²) < 4.78 is 0. The predicted molar refractivity (Wildman–Crippen MR) is 135 cm³/mol. The normalized spacial score (nSPS) is 55.3. The van der Waals surface area contributed by atoms with Gasteiger partial charge in [-0.15, -0.1) is 0 Å². The van der Waals surface area contributed by atoms with E-state index in [1.807, 2.05) is 0 Å². The molecule has 0 radical (unpaired) electrons. The summed E-state index contributed by atoms with van der Waals surface area (Å²) in [5, 5.41) is 41.8. The number of carbonyl (C=O) groups is 1. The van der Waals surface area contributed by atoms with E-state index < -0.39 is 22.9 Å². The zero-order valence-corrected chi connectivity index (χ0v) is 22.4. The van der Waals surface area contributed by atoms with E-state index in [0.717, 1.165) is 63.4 Å². The SMILES string of the molecule is C=C(CO)[C@@H]1CC[C@]2(C(=O)O)CC[C@]3(C)C(CC[C@@H]4[C@@]5(C)CCC(O)[C@@](C)(CO)[C@@H]5CC[C@]43C)[C@@H]12. The van der Waals surface area contributed by atoms with Gasteiger partial charge < -0.3 is 20.4 Å². The highest BCUT2D eigenvalue weighted by Crippen LogP contribution is 2.77. The average molecular weight is 489 g/mol. The minimum Gasteiger partial charge on any atom is -0.481 e. The van der Waals surface area contributed by atoms with Crippen molar-refractivity contribution in [1.82, 2.24) is 0 Å². The van der Waals surface area contributed by atoms with E-state index in [4.69, 9.17) is 0 Å². The Hall–Kier alpha value is -0.910. The van der Waals surface area contributed by atoms with Crippen LogP contribution in [0.2, 0.25) is 0 Å². The Morgan fingerprint density at radius 2 is 1.57 bits per heavy atom. The first-order valence-electron chi connectivity index (χ1n) is 14.2. The molecule has 5 saturated carbocycles. The second-order valence-corrected chi connectivity index (χ2v) is 14.3. The van der Waals surface area contributed by atoms with Crippen LogP contribution in [0.1, 0.15) is 91.9 Å². The van der Waals surface area contributed by atoms with E-state index in [1.54, 1.807) is 0 Å². The van der Waals surface area contributed by atoms with Crippen molar-refractivity contribution < 1.29 is 25.2 Å². The van der Waals surface area contributed by atoms with Crippen LogP contribution in [0.5, 0.6) is 0 Å². The van der Waals surface area contributed by atoms with Crippen LogP contribution in [-0.4, -0.2) is 45.7 Å². The lowest BCUT2D eigenvalue weighted by Crippen LogP contribution is -2.67. The topological polar surface area (TPSA) is 98.0 Å². The van der Waals surface area contributed by atoms with E-state index >= 15 is 0 Å². The highest BCUT2D eigenvalue weighted by Gasteiger charge is 2.72. The molecule has 5 rings (SSSR count). The minimum atomic E-state index is -0.679. The number of carboxylic acid groups (broad SMARTS) is 1. The van der Waals surface area contributed by atoms with Crippen molar-refractivity contribution in [2.24, 2.45) is 56.7 Å². The second-order valence-electron chi connectivity index (χ2n) is 14.3. The highest BCUT2D eigenvalue weighted by atomic mass is 16.4. The third kappa shape index (κ3) is 3.01. The van der Waals surface area contributed by atoms with Crippen LogP contribution in [0.15, 0.2) is 12.2 Å². The Morgan fingerprint density at radius 1 is 0.857 bits per heavy atom. The second kappa shape index (κ2) is 8.04. The maximum absolute atomic E-state index is 12.8. The van der Waals surface area contributed by atoms with Crippen molar-refractivity contribution in [2.75, 3.05) is 13.2 Å². The van der Waals surface area contributed by atoms with E-state index in [9.17, 15) is 25.2 Å². The number of fused-ring (bicyclic) bond motifs is 7. The molecule has 0 aromatic heterocycles.